The predicted octanol–water partition coefficient (Wildman–Crippen LogP) is 10.1. The molecule has 0 aromatic heterocycles. The Kier molecular flexibility index (Phi) is 34.7. The van der Waals surface area contributed by atoms with Crippen molar-refractivity contribution in [2.75, 3.05) is 47.0 Å². The molecule has 0 heterocycles. The van der Waals surface area contributed by atoms with Crippen molar-refractivity contribution in [3.63, 3.8) is 0 Å². The topological polar surface area (TPSA) is 138 Å². The fraction of sp³-hybridized carbons (Fsp3) is 0.891. The van der Waals surface area contributed by atoms with Gasteiger partial charge in [-0.25, -0.2) is 0 Å². The third-order valence-corrected chi connectivity index (χ3v) is 10.4. The number of ether oxygens (including phenoxy) is 4. The Labute approximate surface area is 348 Å². The van der Waals surface area contributed by atoms with Gasteiger partial charge < -0.3 is 29.2 Å². The van der Waals surface area contributed by atoms with Crippen LogP contribution in [0.15, 0.2) is 0 Å². The summed E-state index contributed by atoms with van der Waals surface area (Å²) in [6.07, 6.45) is 23.8. The second-order valence-corrected chi connectivity index (χ2v) is 17.0. The molecule has 11 heteroatoms. The lowest BCUT2D eigenvalue weighted by Crippen LogP contribution is -2.49. The number of unbranched alkanes of at least 4 members (excludes halogenated alkanes) is 16. The number of rotatable bonds is 39. The molecule has 334 valence electrons. The van der Waals surface area contributed by atoms with E-state index in [0.29, 0.717) is 25.7 Å². The minimum atomic E-state index is -1.30. The number of carbonyl (C=O) groups is 5. The van der Waals surface area contributed by atoms with Crippen LogP contribution in [0.5, 0.6) is 0 Å². The lowest BCUT2D eigenvalue weighted by molar-refractivity contribution is -0.169. The molecule has 0 rings (SSSR count). The maximum absolute atomic E-state index is 13.4. The average molecular weight is 811 g/mol. The summed E-state index contributed by atoms with van der Waals surface area (Å²) in [7, 11) is 3.71. The van der Waals surface area contributed by atoms with Gasteiger partial charge in [-0.05, 0) is 45.7 Å². The molecule has 0 radical (unpaired) electrons. The summed E-state index contributed by atoms with van der Waals surface area (Å²) >= 11 is 0. The highest BCUT2D eigenvalue weighted by molar-refractivity contribution is 5.85. The van der Waals surface area contributed by atoms with Crippen molar-refractivity contribution in [3.8, 4) is 0 Å². The smallest absolute Gasteiger partial charge is 0.307 e. The van der Waals surface area contributed by atoms with Gasteiger partial charge in [0.05, 0.1) is 26.1 Å². The van der Waals surface area contributed by atoms with Crippen LogP contribution in [0.1, 0.15) is 202 Å². The van der Waals surface area contributed by atoms with Crippen LogP contribution in [0.25, 0.3) is 0 Å². The Bertz CT molecular complexity index is 1050. The largest absolute Gasteiger partial charge is 0.466 e. The van der Waals surface area contributed by atoms with Gasteiger partial charge in [0.2, 0.25) is 0 Å². The molecule has 57 heavy (non-hydrogen) atoms. The molecule has 0 saturated carbocycles. The van der Waals surface area contributed by atoms with Gasteiger partial charge in [0, 0.05) is 31.3 Å². The number of carbonyl (C=O) groups excluding carboxylic acids is 5. The van der Waals surface area contributed by atoms with Crippen LogP contribution in [-0.4, -0.2) is 87.8 Å². The molecule has 0 aromatic rings. The van der Waals surface area contributed by atoms with Crippen molar-refractivity contribution < 1.29 is 42.9 Å². The Hall–Kier alpha value is -2.69. The molecule has 2 atom stereocenters. The number of hydrogen-bond donors (Lipinski definition) is 1. The van der Waals surface area contributed by atoms with Crippen LogP contribution >= 0.6 is 0 Å². The normalized spacial score (nSPS) is 12.6. The first-order chi connectivity index (χ1) is 27.4. The molecule has 0 aliphatic heterocycles. The van der Waals surface area contributed by atoms with Gasteiger partial charge in [-0.15, -0.1) is 0 Å². The maximum atomic E-state index is 13.4. The molecule has 0 fully saturated rings. The van der Waals surface area contributed by atoms with Gasteiger partial charge in [-0.1, -0.05) is 150 Å². The van der Waals surface area contributed by atoms with Gasteiger partial charge in [-0.3, -0.25) is 24.0 Å². The summed E-state index contributed by atoms with van der Waals surface area (Å²) in [6, 6.07) is 0. The van der Waals surface area contributed by atoms with Crippen molar-refractivity contribution in [1.82, 2.24) is 10.2 Å². The molecular weight excluding hydrogens is 725 g/mol. The van der Waals surface area contributed by atoms with Crippen molar-refractivity contribution in [2.24, 2.45) is 11.3 Å². The molecule has 0 bridgehead atoms. The number of esters is 4. The van der Waals surface area contributed by atoms with Crippen LogP contribution in [0, 0.1) is 11.3 Å². The third-order valence-electron chi connectivity index (χ3n) is 10.4. The molecule has 1 amide bonds. The molecule has 0 aliphatic rings. The quantitative estimate of drug-likeness (QED) is 0.0363. The van der Waals surface area contributed by atoms with Crippen LogP contribution in [0.3, 0.4) is 0 Å². The van der Waals surface area contributed by atoms with Crippen molar-refractivity contribution in [1.29, 1.82) is 0 Å². The molecule has 0 spiro atoms. The summed E-state index contributed by atoms with van der Waals surface area (Å²) in [5, 5.41) is 2.70. The van der Waals surface area contributed by atoms with Gasteiger partial charge >= 0.3 is 23.9 Å². The lowest BCUT2D eigenvalue weighted by atomic mass is 9.86. The van der Waals surface area contributed by atoms with Crippen LogP contribution in [-0.2, 0) is 42.9 Å². The highest BCUT2D eigenvalue weighted by Gasteiger charge is 2.40. The molecule has 1 N–H and O–H groups in total. The Morgan fingerprint density at radius 2 is 1.02 bits per heavy atom. The predicted molar refractivity (Wildman–Crippen MR) is 229 cm³/mol. The first-order valence-electron chi connectivity index (χ1n) is 22.9. The third kappa shape index (κ3) is 32.9. The number of nitrogens with zero attached hydrogens (tertiary/aromatic N) is 1. The van der Waals surface area contributed by atoms with E-state index in [4.69, 9.17) is 18.9 Å². The Morgan fingerprint density at radius 3 is 1.58 bits per heavy atom. The van der Waals surface area contributed by atoms with E-state index in [9.17, 15) is 24.0 Å². The van der Waals surface area contributed by atoms with Crippen LogP contribution in [0.4, 0.5) is 0 Å². The first kappa shape index (κ1) is 54.3. The number of amides is 1. The van der Waals surface area contributed by atoms with Gasteiger partial charge in [0.1, 0.15) is 6.61 Å². The number of hydrogen-bond acceptors (Lipinski definition) is 10. The number of nitrogens with one attached hydrogen (secondary N) is 1. The van der Waals surface area contributed by atoms with Gasteiger partial charge in [0.15, 0.2) is 6.10 Å². The molecule has 0 aromatic carbocycles. The molecule has 1 unspecified atom stereocenters. The summed E-state index contributed by atoms with van der Waals surface area (Å²) in [5.41, 5.74) is -1.08. The van der Waals surface area contributed by atoms with E-state index in [2.05, 4.69) is 26.1 Å². The summed E-state index contributed by atoms with van der Waals surface area (Å²) in [6.45, 7) is 11.1. The van der Waals surface area contributed by atoms with Crippen molar-refractivity contribution in [2.45, 2.75) is 208 Å². The van der Waals surface area contributed by atoms with E-state index < -0.39 is 35.3 Å². The SMILES string of the molecule is CCCCCCCCCCCOC(=O)CCNC(=O)[C@H](OC(=O)CCCC(=O)OCC(CCCCCC)CCCCCCCC)C(C)(C)COC(=O)CCN(C)C. The minimum Gasteiger partial charge on any atom is -0.466 e. The van der Waals surface area contributed by atoms with E-state index in [0.717, 1.165) is 44.9 Å². The highest BCUT2D eigenvalue weighted by atomic mass is 16.6. The Balaban J connectivity index is 5.01. The van der Waals surface area contributed by atoms with E-state index >= 15 is 0 Å². The lowest BCUT2D eigenvalue weighted by Gasteiger charge is -2.32. The van der Waals surface area contributed by atoms with Crippen LogP contribution in [0.2, 0.25) is 0 Å². The van der Waals surface area contributed by atoms with E-state index in [-0.39, 0.29) is 51.2 Å². The second-order valence-electron chi connectivity index (χ2n) is 17.0. The Morgan fingerprint density at radius 1 is 0.544 bits per heavy atom. The van der Waals surface area contributed by atoms with Crippen molar-refractivity contribution in [3.05, 3.63) is 0 Å². The fourth-order valence-corrected chi connectivity index (χ4v) is 6.58. The highest BCUT2D eigenvalue weighted by Crippen LogP contribution is 2.26. The van der Waals surface area contributed by atoms with Gasteiger partial charge in [-0.2, -0.15) is 0 Å². The molecule has 0 aliphatic carbocycles. The zero-order valence-electron chi connectivity index (χ0n) is 37.7. The summed E-state index contributed by atoms with van der Waals surface area (Å²) < 4.78 is 22.2. The summed E-state index contributed by atoms with van der Waals surface area (Å²) in [5.74, 6) is -2.07. The molecular formula is C46H86N2O9. The summed E-state index contributed by atoms with van der Waals surface area (Å²) in [4.78, 5) is 65.8. The minimum absolute atomic E-state index is 0.00642. The molecule has 0 saturated heterocycles. The maximum Gasteiger partial charge on any atom is 0.307 e. The van der Waals surface area contributed by atoms with Crippen molar-refractivity contribution >= 4 is 29.8 Å². The van der Waals surface area contributed by atoms with Crippen LogP contribution < -0.4 is 5.32 Å². The van der Waals surface area contributed by atoms with E-state index in [1.54, 1.807) is 13.8 Å². The van der Waals surface area contributed by atoms with E-state index in [1.165, 1.54) is 89.9 Å². The zero-order valence-corrected chi connectivity index (χ0v) is 37.7. The molecule has 11 nitrogen and oxygen atoms in total. The monoisotopic (exact) mass is 811 g/mol. The first-order valence-corrected chi connectivity index (χ1v) is 22.9. The zero-order chi connectivity index (χ0) is 42.6. The van der Waals surface area contributed by atoms with Gasteiger partial charge in [0.25, 0.3) is 5.91 Å². The fourth-order valence-electron chi connectivity index (χ4n) is 6.58. The van der Waals surface area contributed by atoms with E-state index in [1.807, 2.05) is 19.0 Å². The average Bonchev–Trinajstić information content (AvgIpc) is 3.17. The second kappa shape index (κ2) is 36.4. The standard InChI is InChI=1S/C46H86N2O9/c1-8-11-14-17-19-20-21-23-26-36-54-41(50)32-34-47-45(53)44(46(4,5)38-56-42(51)33-35-48(6)7)57-43(52)31-27-30-40(49)55-37-39(28-24-16-13-10-3)29-25-22-18-15-12-9-2/h39,44H,8-38H2,1-7H3,(H,47,53)/t39?,44-/m0/s1.